The van der Waals surface area contributed by atoms with Gasteiger partial charge < -0.3 is 9.80 Å². The van der Waals surface area contributed by atoms with Gasteiger partial charge in [0.05, 0.1) is 24.6 Å². The van der Waals surface area contributed by atoms with Gasteiger partial charge in [-0.3, -0.25) is 0 Å². The Labute approximate surface area is 111 Å². The lowest BCUT2D eigenvalue weighted by Crippen LogP contribution is -3.15. The molecule has 2 unspecified atom stereocenters. The average molecular weight is 303 g/mol. The summed E-state index contributed by atoms with van der Waals surface area (Å²) in [6.07, 6.45) is 1.28. The van der Waals surface area contributed by atoms with Gasteiger partial charge in [-0.15, -0.1) is 0 Å². The summed E-state index contributed by atoms with van der Waals surface area (Å²) in [6.45, 7) is 5.95. The van der Waals surface area contributed by atoms with Crippen molar-refractivity contribution in [2.45, 2.75) is 13.0 Å². The van der Waals surface area contributed by atoms with Crippen molar-refractivity contribution in [1.29, 1.82) is 0 Å². The summed E-state index contributed by atoms with van der Waals surface area (Å²) < 4.78 is 13.7. The smallest absolute Gasteiger partial charge is 0.137 e. The van der Waals surface area contributed by atoms with E-state index in [2.05, 4.69) is 23.0 Å². The summed E-state index contributed by atoms with van der Waals surface area (Å²) in [4.78, 5) is 3.24. The third kappa shape index (κ3) is 3.76. The fourth-order valence-corrected chi connectivity index (χ4v) is 2.82. The van der Waals surface area contributed by atoms with Crippen molar-refractivity contribution < 1.29 is 14.2 Å². The quantitative estimate of drug-likeness (QED) is 0.755. The zero-order valence-electron chi connectivity index (χ0n) is 10.2. The molecule has 1 fully saturated rings. The molecule has 0 bridgehead atoms. The highest BCUT2D eigenvalue weighted by atomic mass is 79.9. The first kappa shape index (κ1) is 13.0. The van der Waals surface area contributed by atoms with E-state index >= 15 is 0 Å². The fraction of sp³-hybridized carbons (Fsp3) is 0.538. The van der Waals surface area contributed by atoms with Crippen LogP contribution in [0.2, 0.25) is 0 Å². The Morgan fingerprint density at radius 3 is 2.82 bits per heavy atom. The number of hydrogen-bond acceptors (Lipinski definition) is 0. The molecule has 0 radical (unpaired) electrons. The molecule has 1 aromatic rings. The minimum Gasteiger partial charge on any atom is -0.333 e. The van der Waals surface area contributed by atoms with Crippen LogP contribution in [0.3, 0.4) is 0 Å². The molecule has 0 spiro atoms. The second-order valence-corrected chi connectivity index (χ2v) is 5.84. The molecule has 1 aromatic carbocycles. The predicted molar refractivity (Wildman–Crippen MR) is 69.7 cm³/mol. The molecule has 94 valence electrons. The Kier molecular flexibility index (Phi) is 4.54. The minimum atomic E-state index is -0.177. The van der Waals surface area contributed by atoms with Crippen LogP contribution in [-0.4, -0.2) is 33.2 Å². The first-order valence-electron chi connectivity index (χ1n) is 6.24. The van der Waals surface area contributed by atoms with Crippen molar-refractivity contribution in [3.8, 4) is 0 Å². The molecule has 0 aromatic heterocycles. The number of quaternary nitrogens is 2. The lowest BCUT2D eigenvalue weighted by atomic mass is 10.2. The van der Waals surface area contributed by atoms with Gasteiger partial charge in [0.2, 0.25) is 0 Å². The Morgan fingerprint density at radius 1 is 1.24 bits per heavy atom. The number of halogens is 2. The molecule has 2 N–H and O–H groups in total. The van der Waals surface area contributed by atoms with E-state index in [9.17, 15) is 4.39 Å². The number of nitrogens with one attached hydrogen (secondary N) is 2. The molecule has 1 saturated heterocycles. The van der Waals surface area contributed by atoms with E-state index in [1.807, 2.05) is 12.1 Å². The summed E-state index contributed by atoms with van der Waals surface area (Å²) in [6, 6.07) is 5.35. The summed E-state index contributed by atoms with van der Waals surface area (Å²) in [5.74, 6) is -0.177. The van der Waals surface area contributed by atoms with E-state index in [4.69, 9.17) is 0 Å². The maximum atomic E-state index is 13.1. The van der Waals surface area contributed by atoms with Crippen molar-refractivity contribution in [2.75, 3.05) is 33.2 Å². The third-order valence-electron chi connectivity index (χ3n) is 3.48. The molecule has 2 rings (SSSR count). The van der Waals surface area contributed by atoms with E-state index in [-0.39, 0.29) is 5.82 Å². The van der Waals surface area contributed by atoms with Crippen molar-refractivity contribution in [1.82, 2.24) is 0 Å². The molecule has 2 atom stereocenters. The first-order valence-corrected chi connectivity index (χ1v) is 7.03. The highest BCUT2D eigenvalue weighted by Gasteiger charge is 2.17. The van der Waals surface area contributed by atoms with Crippen molar-refractivity contribution in [3.63, 3.8) is 0 Å². The van der Waals surface area contributed by atoms with Crippen LogP contribution in [0.5, 0.6) is 0 Å². The van der Waals surface area contributed by atoms with E-state index in [0.29, 0.717) is 4.47 Å². The predicted octanol–water partition coefficient (Wildman–Crippen LogP) is -0.108. The van der Waals surface area contributed by atoms with Crippen LogP contribution in [0, 0.1) is 5.82 Å². The summed E-state index contributed by atoms with van der Waals surface area (Å²) in [7, 11) is 2.26. The van der Waals surface area contributed by atoms with Gasteiger partial charge in [-0.25, -0.2) is 4.39 Å². The summed E-state index contributed by atoms with van der Waals surface area (Å²) in [5.41, 5.74) is 1.22. The molecule has 0 saturated carbocycles. The van der Waals surface area contributed by atoms with E-state index in [1.165, 1.54) is 38.2 Å². The van der Waals surface area contributed by atoms with Gasteiger partial charge in [0, 0.05) is 12.0 Å². The zero-order valence-corrected chi connectivity index (χ0v) is 11.8. The Hall–Kier alpha value is -0.450. The van der Waals surface area contributed by atoms with Gasteiger partial charge in [-0.1, -0.05) is 6.07 Å². The van der Waals surface area contributed by atoms with E-state index < -0.39 is 0 Å². The minimum absolute atomic E-state index is 0.177. The van der Waals surface area contributed by atoms with E-state index in [1.54, 1.807) is 15.9 Å². The highest BCUT2D eigenvalue weighted by molar-refractivity contribution is 9.10. The summed E-state index contributed by atoms with van der Waals surface area (Å²) >= 11 is 3.25. The highest BCUT2D eigenvalue weighted by Crippen LogP contribution is 2.16. The standard InChI is InChI=1S/C13H18BrFN2/c1-16-5-2-6-17(8-7-16)10-11-3-4-13(15)12(14)9-11/h3-4,9H,2,5-8,10H2,1H3/p+2. The Balaban J connectivity index is 1.97. The van der Waals surface area contributed by atoms with Gasteiger partial charge in [0.25, 0.3) is 0 Å². The second-order valence-electron chi connectivity index (χ2n) is 4.99. The van der Waals surface area contributed by atoms with Gasteiger partial charge in [-0.2, -0.15) is 0 Å². The maximum absolute atomic E-state index is 13.1. The van der Waals surface area contributed by atoms with Gasteiger partial charge in [-0.05, 0) is 28.1 Å². The largest absolute Gasteiger partial charge is 0.333 e. The Bertz CT molecular complexity index is 384. The number of rotatable bonds is 2. The lowest BCUT2D eigenvalue weighted by molar-refractivity contribution is -0.938. The van der Waals surface area contributed by atoms with Crippen molar-refractivity contribution in [2.24, 2.45) is 0 Å². The maximum Gasteiger partial charge on any atom is 0.137 e. The normalized spacial score (nSPS) is 25.6. The van der Waals surface area contributed by atoms with E-state index in [0.717, 1.165) is 6.54 Å². The molecular formula is C13H20BrFN2+2. The third-order valence-corrected chi connectivity index (χ3v) is 4.09. The van der Waals surface area contributed by atoms with Gasteiger partial charge >= 0.3 is 0 Å². The number of hydrogen-bond donors (Lipinski definition) is 2. The van der Waals surface area contributed by atoms with Crippen LogP contribution in [-0.2, 0) is 6.54 Å². The SMILES string of the molecule is C[NH+]1CCC[NH+](Cc2ccc(F)c(Br)c2)CC1. The molecule has 2 nitrogen and oxygen atoms in total. The zero-order chi connectivity index (χ0) is 12.3. The molecule has 0 amide bonds. The molecule has 17 heavy (non-hydrogen) atoms. The van der Waals surface area contributed by atoms with Crippen molar-refractivity contribution >= 4 is 15.9 Å². The van der Waals surface area contributed by atoms with Crippen LogP contribution >= 0.6 is 15.9 Å². The van der Waals surface area contributed by atoms with Crippen molar-refractivity contribution in [3.05, 3.63) is 34.1 Å². The lowest BCUT2D eigenvalue weighted by Gasteiger charge is -2.16. The fourth-order valence-electron chi connectivity index (χ4n) is 2.40. The molecule has 4 heteroatoms. The number of likely N-dealkylation sites (N-methyl/N-ethyl adjacent to an activating group) is 1. The number of benzene rings is 1. The van der Waals surface area contributed by atoms with Crippen LogP contribution in [0.1, 0.15) is 12.0 Å². The van der Waals surface area contributed by atoms with Crippen LogP contribution in [0.25, 0.3) is 0 Å². The van der Waals surface area contributed by atoms with Gasteiger partial charge in [0.1, 0.15) is 25.5 Å². The van der Waals surface area contributed by atoms with Crippen LogP contribution in [0.15, 0.2) is 22.7 Å². The molecule has 1 heterocycles. The topological polar surface area (TPSA) is 8.88 Å². The molecule has 1 aliphatic heterocycles. The average Bonchev–Trinajstić information content (AvgIpc) is 2.49. The first-order chi connectivity index (χ1) is 8.15. The Morgan fingerprint density at radius 2 is 2.06 bits per heavy atom. The monoisotopic (exact) mass is 302 g/mol. The van der Waals surface area contributed by atoms with Gasteiger partial charge in [0.15, 0.2) is 0 Å². The second kappa shape index (κ2) is 5.94. The van der Waals surface area contributed by atoms with Crippen LogP contribution < -0.4 is 9.80 Å². The molecular weight excluding hydrogens is 283 g/mol. The molecule has 1 aliphatic rings. The molecule has 0 aliphatic carbocycles. The summed E-state index contributed by atoms with van der Waals surface area (Å²) in [5, 5.41) is 0. The van der Waals surface area contributed by atoms with Crippen LogP contribution in [0.4, 0.5) is 4.39 Å².